The molecule has 0 aromatic heterocycles. The zero-order valence-electron chi connectivity index (χ0n) is 16.7. The first-order valence-corrected chi connectivity index (χ1v) is 12.0. The lowest BCUT2D eigenvalue weighted by molar-refractivity contribution is -0.151. The van der Waals surface area contributed by atoms with E-state index in [0.29, 0.717) is 63.2 Å². The SMILES string of the molecule is O=C(OCC1CCCCC1)C1CCN(S(=O)(=O)c2ccc3c(c2)OCCO3)CC1. The van der Waals surface area contributed by atoms with Crippen LogP contribution in [0.15, 0.2) is 23.1 Å². The van der Waals surface area contributed by atoms with Crippen LogP contribution >= 0.6 is 0 Å². The molecular formula is C21H29NO6S. The van der Waals surface area contributed by atoms with E-state index >= 15 is 0 Å². The average molecular weight is 424 g/mol. The third-order valence-electron chi connectivity index (χ3n) is 6.12. The van der Waals surface area contributed by atoms with Crippen molar-refractivity contribution in [2.75, 3.05) is 32.9 Å². The molecule has 0 spiro atoms. The zero-order valence-corrected chi connectivity index (χ0v) is 17.5. The van der Waals surface area contributed by atoms with Gasteiger partial charge in [-0.1, -0.05) is 19.3 Å². The second kappa shape index (κ2) is 8.92. The topological polar surface area (TPSA) is 82.1 Å². The van der Waals surface area contributed by atoms with Gasteiger partial charge < -0.3 is 14.2 Å². The highest BCUT2D eigenvalue weighted by Crippen LogP contribution is 2.34. The molecule has 0 amide bonds. The molecule has 1 saturated carbocycles. The molecule has 0 radical (unpaired) electrons. The Balaban J connectivity index is 1.32. The summed E-state index contributed by atoms with van der Waals surface area (Å²) in [7, 11) is -3.63. The number of benzene rings is 1. The largest absolute Gasteiger partial charge is 0.486 e. The molecule has 2 fully saturated rings. The predicted octanol–water partition coefficient (Wildman–Crippen LogP) is 2.98. The van der Waals surface area contributed by atoms with E-state index in [-0.39, 0.29) is 16.8 Å². The molecule has 8 heteroatoms. The van der Waals surface area contributed by atoms with Crippen LogP contribution < -0.4 is 9.47 Å². The van der Waals surface area contributed by atoms with Gasteiger partial charge in [0.15, 0.2) is 11.5 Å². The van der Waals surface area contributed by atoms with Crippen LogP contribution in [0, 0.1) is 11.8 Å². The first-order chi connectivity index (χ1) is 14.0. The molecule has 29 heavy (non-hydrogen) atoms. The van der Waals surface area contributed by atoms with E-state index in [0.717, 1.165) is 12.8 Å². The van der Waals surface area contributed by atoms with E-state index in [1.807, 2.05) is 0 Å². The van der Waals surface area contributed by atoms with Gasteiger partial charge in [0.2, 0.25) is 10.0 Å². The lowest BCUT2D eigenvalue weighted by Crippen LogP contribution is -2.40. The maximum atomic E-state index is 13.0. The maximum absolute atomic E-state index is 13.0. The average Bonchev–Trinajstić information content (AvgIpc) is 2.78. The van der Waals surface area contributed by atoms with Crippen molar-refractivity contribution in [3.05, 3.63) is 18.2 Å². The molecule has 1 aromatic carbocycles. The maximum Gasteiger partial charge on any atom is 0.309 e. The number of fused-ring (bicyclic) bond motifs is 1. The number of sulfonamides is 1. The molecule has 3 aliphatic rings. The number of piperidine rings is 1. The normalized spacial score (nSPS) is 21.7. The molecule has 1 aliphatic carbocycles. The molecule has 4 rings (SSSR count). The van der Waals surface area contributed by atoms with E-state index in [1.165, 1.54) is 29.6 Å². The van der Waals surface area contributed by atoms with Crippen molar-refractivity contribution in [3.63, 3.8) is 0 Å². The summed E-state index contributed by atoms with van der Waals surface area (Å²) < 4.78 is 44.0. The van der Waals surface area contributed by atoms with Gasteiger partial charge in [-0.2, -0.15) is 4.31 Å². The summed E-state index contributed by atoms with van der Waals surface area (Å²) in [6.45, 7) is 2.02. The van der Waals surface area contributed by atoms with Gasteiger partial charge in [0, 0.05) is 19.2 Å². The first-order valence-electron chi connectivity index (χ1n) is 10.6. The minimum Gasteiger partial charge on any atom is -0.486 e. The summed E-state index contributed by atoms with van der Waals surface area (Å²) in [6, 6.07) is 4.71. The summed E-state index contributed by atoms with van der Waals surface area (Å²) in [5.41, 5.74) is 0. The minimum atomic E-state index is -3.63. The third-order valence-corrected chi connectivity index (χ3v) is 8.02. The molecule has 0 bridgehead atoms. The van der Waals surface area contributed by atoms with Crippen molar-refractivity contribution in [2.45, 2.75) is 49.8 Å². The summed E-state index contributed by atoms with van der Waals surface area (Å²) in [4.78, 5) is 12.6. The summed E-state index contributed by atoms with van der Waals surface area (Å²) in [5.74, 6) is 1.12. The van der Waals surface area contributed by atoms with Crippen LogP contribution in [0.4, 0.5) is 0 Å². The summed E-state index contributed by atoms with van der Waals surface area (Å²) in [6.07, 6.45) is 6.98. The van der Waals surface area contributed by atoms with Gasteiger partial charge in [-0.05, 0) is 43.7 Å². The van der Waals surface area contributed by atoms with Crippen molar-refractivity contribution in [1.29, 1.82) is 0 Å². The van der Waals surface area contributed by atoms with Crippen molar-refractivity contribution < 1.29 is 27.4 Å². The van der Waals surface area contributed by atoms with Gasteiger partial charge in [0.25, 0.3) is 0 Å². The molecular weight excluding hydrogens is 394 g/mol. The van der Waals surface area contributed by atoms with Crippen LogP contribution in [0.5, 0.6) is 11.5 Å². The fourth-order valence-electron chi connectivity index (χ4n) is 4.34. The number of nitrogens with zero attached hydrogens (tertiary/aromatic N) is 1. The minimum absolute atomic E-state index is 0.174. The fourth-order valence-corrected chi connectivity index (χ4v) is 5.82. The van der Waals surface area contributed by atoms with Crippen LogP contribution in [-0.4, -0.2) is 51.6 Å². The monoisotopic (exact) mass is 423 g/mol. The van der Waals surface area contributed by atoms with E-state index in [9.17, 15) is 13.2 Å². The Morgan fingerprint density at radius 2 is 1.69 bits per heavy atom. The molecule has 2 aliphatic heterocycles. The van der Waals surface area contributed by atoms with Crippen molar-refractivity contribution in [1.82, 2.24) is 4.31 Å². The van der Waals surface area contributed by atoms with Gasteiger partial charge in [0.1, 0.15) is 13.2 Å². The van der Waals surface area contributed by atoms with Crippen LogP contribution in [-0.2, 0) is 19.6 Å². The van der Waals surface area contributed by atoms with E-state index < -0.39 is 10.0 Å². The van der Waals surface area contributed by atoms with Gasteiger partial charge >= 0.3 is 5.97 Å². The van der Waals surface area contributed by atoms with Crippen LogP contribution in [0.1, 0.15) is 44.9 Å². The van der Waals surface area contributed by atoms with Gasteiger partial charge in [-0.15, -0.1) is 0 Å². The Bertz CT molecular complexity index is 826. The molecule has 0 N–H and O–H groups in total. The summed E-state index contributed by atoms with van der Waals surface area (Å²) >= 11 is 0. The Labute approximate surface area is 172 Å². The van der Waals surface area contributed by atoms with Crippen LogP contribution in [0.2, 0.25) is 0 Å². The van der Waals surface area contributed by atoms with Crippen LogP contribution in [0.25, 0.3) is 0 Å². The van der Waals surface area contributed by atoms with Gasteiger partial charge in [-0.3, -0.25) is 4.79 Å². The molecule has 7 nitrogen and oxygen atoms in total. The number of hydrogen-bond donors (Lipinski definition) is 0. The van der Waals surface area contributed by atoms with Crippen LogP contribution in [0.3, 0.4) is 0 Å². The Morgan fingerprint density at radius 1 is 1.00 bits per heavy atom. The van der Waals surface area contributed by atoms with Crippen molar-refractivity contribution in [3.8, 4) is 11.5 Å². The first kappa shape index (κ1) is 20.5. The highest BCUT2D eigenvalue weighted by Gasteiger charge is 2.33. The quantitative estimate of drug-likeness (QED) is 0.677. The highest BCUT2D eigenvalue weighted by molar-refractivity contribution is 7.89. The standard InChI is InChI=1S/C21H29NO6S/c23-21(28-15-16-4-2-1-3-5-16)17-8-10-22(11-9-17)29(24,25)18-6-7-19-20(14-18)27-13-12-26-19/h6-7,14,16-17H,1-5,8-13,15H2. The molecule has 0 unspecified atom stereocenters. The Kier molecular flexibility index (Phi) is 6.29. The van der Waals surface area contributed by atoms with E-state index in [2.05, 4.69) is 0 Å². The second-order valence-corrected chi connectivity index (χ2v) is 10.1. The fraction of sp³-hybridized carbons (Fsp3) is 0.667. The number of rotatable bonds is 5. The number of hydrogen-bond acceptors (Lipinski definition) is 6. The van der Waals surface area contributed by atoms with Gasteiger partial charge in [0.05, 0.1) is 17.4 Å². The number of ether oxygens (including phenoxy) is 3. The second-order valence-electron chi connectivity index (χ2n) is 8.12. The lowest BCUT2D eigenvalue weighted by atomic mass is 9.90. The zero-order chi connectivity index (χ0) is 20.3. The summed E-state index contributed by atoms with van der Waals surface area (Å²) in [5, 5.41) is 0. The molecule has 160 valence electrons. The smallest absolute Gasteiger partial charge is 0.309 e. The number of carbonyl (C=O) groups excluding carboxylic acids is 1. The molecule has 1 saturated heterocycles. The van der Waals surface area contributed by atoms with Gasteiger partial charge in [-0.25, -0.2) is 8.42 Å². The molecule has 0 atom stereocenters. The molecule has 2 heterocycles. The van der Waals surface area contributed by atoms with Crippen molar-refractivity contribution in [2.24, 2.45) is 11.8 Å². The number of esters is 1. The van der Waals surface area contributed by atoms with E-state index in [4.69, 9.17) is 14.2 Å². The number of carbonyl (C=O) groups is 1. The van der Waals surface area contributed by atoms with E-state index in [1.54, 1.807) is 12.1 Å². The van der Waals surface area contributed by atoms with Crippen molar-refractivity contribution >= 4 is 16.0 Å². The Morgan fingerprint density at radius 3 is 2.41 bits per heavy atom. The highest BCUT2D eigenvalue weighted by atomic mass is 32.2. The molecule has 1 aromatic rings. The lowest BCUT2D eigenvalue weighted by Gasteiger charge is -2.31. The predicted molar refractivity (Wildman–Crippen MR) is 106 cm³/mol. The third kappa shape index (κ3) is 4.69. The Hall–Kier alpha value is -1.80.